The lowest BCUT2D eigenvalue weighted by atomic mass is 9.46. The highest BCUT2D eigenvalue weighted by Crippen LogP contribution is 2.67. The summed E-state index contributed by atoms with van der Waals surface area (Å²) in [7, 11) is -4.47. The smallest absolute Gasteiger partial charge is 0.393 e. The number of aliphatic hydroxyl groups is 1. The molecule has 3 N–H and O–H groups in total. The topological polar surface area (TPSA) is 132 Å². The van der Waals surface area contributed by atoms with Crippen molar-refractivity contribution in [2.24, 2.45) is 52.3 Å². The van der Waals surface area contributed by atoms with Gasteiger partial charge in [0, 0.05) is 5.92 Å². The van der Waals surface area contributed by atoms with Gasteiger partial charge in [0.1, 0.15) is 0 Å². The summed E-state index contributed by atoms with van der Waals surface area (Å²) in [5.74, 6) is 1.99. The lowest BCUT2D eigenvalue weighted by Gasteiger charge is -2.60. The van der Waals surface area contributed by atoms with Crippen molar-refractivity contribution in [2.75, 3.05) is 6.61 Å². The van der Waals surface area contributed by atoms with E-state index >= 15 is 0 Å². The zero-order valence-corrected chi connectivity index (χ0v) is 25.3. The normalized spacial score (nSPS) is 40.2. The van der Waals surface area contributed by atoms with Crippen LogP contribution in [0.1, 0.15) is 79.6 Å². The van der Waals surface area contributed by atoms with E-state index in [4.69, 9.17) is 14.0 Å². The fourth-order valence-corrected chi connectivity index (χ4v) is 9.40. The van der Waals surface area contributed by atoms with E-state index in [1.54, 1.807) is 0 Å². The largest absolute Gasteiger partial charge is 0.397 e. The van der Waals surface area contributed by atoms with Crippen LogP contribution >= 0.6 is 12.3 Å². The van der Waals surface area contributed by atoms with Crippen LogP contribution in [-0.2, 0) is 28.1 Å². The first-order chi connectivity index (χ1) is 18.3. The van der Waals surface area contributed by atoms with Crippen molar-refractivity contribution in [3.05, 3.63) is 23.8 Å². The molecule has 0 aromatic heterocycles. The molecule has 4 aliphatic rings. The summed E-state index contributed by atoms with van der Waals surface area (Å²) in [6.07, 6.45) is 13.0. The van der Waals surface area contributed by atoms with Crippen molar-refractivity contribution in [3.63, 3.8) is 0 Å². The van der Waals surface area contributed by atoms with Crippen molar-refractivity contribution in [2.45, 2.75) is 91.8 Å². The Morgan fingerprint density at radius 1 is 1.15 bits per heavy atom. The van der Waals surface area contributed by atoms with Gasteiger partial charge in [0.05, 0.1) is 18.8 Å². The van der Waals surface area contributed by atoms with Gasteiger partial charge in [-0.05, 0) is 91.3 Å². The van der Waals surface area contributed by atoms with Crippen molar-refractivity contribution >= 4 is 22.7 Å². The molecule has 224 valence electrons. The molecule has 0 aromatic carbocycles. The van der Waals surface area contributed by atoms with Gasteiger partial charge in [-0.2, -0.15) is 8.42 Å². The fourth-order valence-electron chi connectivity index (χ4n) is 8.74. The van der Waals surface area contributed by atoms with E-state index in [1.807, 2.05) is 19.9 Å². The minimum Gasteiger partial charge on any atom is -0.393 e. The average molecular weight is 591 g/mol. The number of allylic oxidation sites excluding steroid dienone is 2. The molecule has 0 saturated heterocycles. The summed E-state index contributed by atoms with van der Waals surface area (Å²) in [5, 5.41) is 23.8. The highest BCUT2D eigenvalue weighted by atomic mass is 32.3. The van der Waals surface area contributed by atoms with E-state index < -0.39 is 10.4 Å². The molecule has 3 fully saturated rings. The Morgan fingerprint density at radius 2 is 1.90 bits per heavy atom. The molecule has 4 aliphatic carbocycles. The van der Waals surface area contributed by atoms with Crippen molar-refractivity contribution in [1.29, 1.82) is 0 Å². The van der Waals surface area contributed by atoms with Gasteiger partial charge in [-0.15, -0.1) is 4.33 Å². The quantitative estimate of drug-likeness (QED) is 0.0639. The highest BCUT2D eigenvalue weighted by Gasteiger charge is 2.62. The first-order valence-corrected chi connectivity index (χ1v) is 16.3. The van der Waals surface area contributed by atoms with Gasteiger partial charge in [0.15, 0.2) is 12.3 Å². The molecule has 10 atom stereocenters. The van der Waals surface area contributed by atoms with Crippen molar-refractivity contribution in [1.82, 2.24) is 0 Å². The second kappa shape index (κ2) is 12.4. The van der Waals surface area contributed by atoms with Crippen LogP contribution in [0.15, 0.2) is 23.8 Å². The molecule has 0 heterocycles. The summed E-state index contributed by atoms with van der Waals surface area (Å²) in [4.78, 5) is 0. The highest BCUT2D eigenvalue weighted by molar-refractivity contribution is 7.89. The molecule has 9 nitrogen and oxygen atoms in total. The first kappa shape index (κ1) is 31.4. The zero-order chi connectivity index (χ0) is 28.6. The number of hydrogen-bond acceptors (Lipinski definition) is 9. The third-order valence-electron chi connectivity index (χ3n) is 11.0. The molecular formula is C28H46O9S2. The van der Waals surface area contributed by atoms with E-state index in [9.17, 15) is 13.5 Å². The molecule has 3 saturated carbocycles. The maximum absolute atomic E-state index is 11.8. The molecule has 0 spiro atoms. The second-order valence-corrected chi connectivity index (χ2v) is 14.7. The molecule has 0 aliphatic heterocycles. The third kappa shape index (κ3) is 6.46. The average Bonchev–Trinajstić information content (AvgIpc) is 3.22. The van der Waals surface area contributed by atoms with E-state index in [1.165, 1.54) is 5.57 Å². The second-order valence-electron chi connectivity index (χ2n) is 13.1. The van der Waals surface area contributed by atoms with Crippen LogP contribution in [0, 0.1) is 52.3 Å². The maximum atomic E-state index is 11.8. The minimum absolute atomic E-state index is 0.000791. The molecule has 0 unspecified atom stereocenters. The Hall–Kier alpha value is -0.500. The Labute approximate surface area is 237 Å². The molecule has 0 amide bonds. The molecule has 0 bridgehead atoms. The van der Waals surface area contributed by atoms with Gasteiger partial charge in [-0.3, -0.25) is 8.74 Å². The fraction of sp³-hybridized carbons (Fsp3) is 0.857. The Balaban J connectivity index is 1.47. The standard InChI is InChI=1S/C28H46O9S2/c1-17(2)19(16-34-39(31,32)33)7-6-18(3)23-10-11-24-22-9-8-20-14-21(35-38-37-36-30)12-13-27(20,4)25(22)15-26(29)28(23,24)5/h6-8,17-19,21-26,29-30H,9-16H2,1-5H3,(H,31,32,33)/b7-6+/t18-,19+,21+,22+,23-,24+,25+,26+,27+,28-/m1/s1. The number of fused-ring (bicyclic) bond motifs is 5. The summed E-state index contributed by atoms with van der Waals surface area (Å²) in [5.41, 5.74) is 1.29. The van der Waals surface area contributed by atoms with Crippen LogP contribution in [0.5, 0.6) is 0 Å². The van der Waals surface area contributed by atoms with E-state index in [2.05, 4.69) is 46.5 Å². The zero-order valence-electron chi connectivity index (χ0n) is 23.7. The summed E-state index contributed by atoms with van der Waals surface area (Å²) < 4.78 is 45.9. The predicted octanol–water partition coefficient (Wildman–Crippen LogP) is 6.19. The van der Waals surface area contributed by atoms with Gasteiger partial charge < -0.3 is 5.11 Å². The van der Waals surface area contributed by atoms with Gasteiger partial charge in [0.25, 0.3) is 0 Å². The van der Waals surface area contributed by atoms with Crippen molar-refractivity contribution < 1.29 is 41.1 Å². The number of aliphatic hydroxyl groups excluding tert-OH is 1. The van der Waals surface area contributed by atoms with Crippen LogP contribution in [0.4, 0.5) is 0 Å². The SMILES string of the molecule is CC(C)[C@@H](/C=C/[C@@H](C)[C@H]1CC[C@H]2[C@@H]3CC=C4C[C@@H](OSOOO)CC[C@]4(C)[C@H]3C[C@H](O)[C@]12C)COS(=O)(=O)O. The van der Waals surface area contributed by atoms with E-state index in [-0.39, 0.29) is 47.4 Å². The Bertz CT molecular complexity index is 1010. The lowest BCUT2D eigenvalue weighted by Crippen LogP contribution is -2.56. The minimum atomic E-state index is -4.47. The van der Waals surface area contributed by atoms with Gasteiger partial charge in [-0.1, -0.05) is 63.5 Å². The molecule has 0 radical (unpaired) electrons. The Kier molecular flexibility index (Phi) is 9.99. The van der Waals surface area contributed by atoms with Crippen LogP contribution in [0.3, 0.4) is 0 Å². The molecule has 39 heavy (non-hydrogen) atoms. The van der Waals surface area contributed by atoms with Gasteiger partial charge in [0.2, 0.25) is 0 Å². The van der Waals surface area contributed by atoms with Crippen molar-refractivity contribution in [3.8, 4) is 0 Å². The van der Waals surface area contributed by atoms with Crippen LogP contribution < -0.4 is 0 Å². The first-order valence-electron chi connectivity index (χ1n) is 14.3. The number of rotatable bonds is 11. The lowest BCUT2D eigenvalue weighted by molar-refractivity contribution is -0.434. The molecule has 0 aromatic rings. The van der Waals surface area contributed by atoms with Crippen LogP contribution in [-0.4, -0.2) is 42.1 Å². The van der Waals surface area contributed by atoms with Crippen LogP contribution in [0.2, 0.25) is 0 Å². The van der Waals surface area contributed by atoms with Gasteiger partial charge >= 0.3 is 10.4 Å². The summed E-state index contributed by atoms with van der Waals surface area (Å²) in [6.45, 7) is 10.8. The molecular weight excluding hydrogens is 544 g/mol. The number of hydrogen-bond donors (Lipinski definition) is 3. The molecule has 4 rings (SSSR count). The summed E-state index contributed by atoms with van der Waals surface area (Å²) >= 11 is 0.657. The predicted molar refractivity (Wildman–Crippen MR) is 148 cm³/mol. The summed E-state index contributed by atoms with van der Waals surface area (Å²) in [6, 6.07) is 0. The molecule has 11 heteroatoms. The van der Waals surface area contributed by atoms with Crippen LogP contribution in [0.25, 0.3) is 0 Å². The Morgan fingerprint density at radius 3 is 2.56 bits per heavy atom. The van der Waals surface area contributed by atoms with Gasteiger partial charge in [-0.25, -0.2) is 9.44 Å². The van der Waals surface area contributed by atoms with E-state index in [0.717, 1.165) is 44.9 Å². The maximum Gasteiger partial charge on any atom is 0.397 e. The third-order valence-corrected chi connectivity index (χ3v) is 11.9. The monoisotopic (exact) mass is 590 g/mol. The van der Waals surface area contributed by atoms with E-state index in [0.29, 0.717) is 36.0 Å².